The zero-order valence-corrected chi connectivity index (χ0v) is 9.62. The van der Waals surface area contributed by atoms with Crippen LogP contribution in [0.4, 0.5) is 4.39 Å². The van der Waals surface area contributed by atoms with Gasteiger partial charge in [0, 0.05) is 6.20 Å². The van der Waals surface area contributed by atoms with Gasteiger partial charge in [-0.3, -0.25) is 14.3 Å². The van der Waals surface area contributed by atoms with E-state index >= 15 is 0 Å². The number of alkyl halides is 1. The predicted octanol–water partition coefficient (Wildman–Crippen LogP) is -1.89. The van der Waals surface area contributed by atoms with E-state index in [4.69, 9.17) is 16.3 Å². The third-order valence-corrected chi connectivity index (χ3v) is 2.87. The summed E-state index contributed by atoms with van der Waals surface area (Å²) in [6.07, 6.45) is -0.0400. The molecule has 0 radical (unpaired) electrons. The number of nitrogens with zero attached hydrogens (tertiary/aromatic N) is 1. The van der Waals surface area contributed by atoms with Crippen molar-refractivity contribution in [2.24, 2.45) is 0 Å². The number of aromatic nitrogens is 2. The second-order valence-corrected chi connectivity index (χ2v) is 4.04. The molecule has 102 valence electrons. The number of H-pyrrole nitrogens is 1. The molecule has 0 saturated carbocycles. The molecule has 0 spiro atoms. The average molecular weight is 270 g/mol. The molecule has 1 aromatic rings. The van der Waals surface area contributed by atoms with Gasteiger partial charge in [0.15, 0.2) is 12.4 Å². The lowest BCUT2D eigenvalue weighted by Gasteiger charge is -2.15. The van der Waals surface area contributed by atoms with Gasteiger partial charge >= 0.3 is 5.69 Å². The van der Waals surface area contributed by atoms with E-state index < -0.39 is 42.5 Å². The second-order valence-electron chi connectivity index (χ2n) is 4.04. The normalized spacial score (nSPS) is 30.2. The molecule has 2 rings (SSSR count). The summed E-state index contributed by atoms with van der Waals surface area (Å²) >= 11 is 0. The van der Waals surface area contributed by atoms with Crippen molar-refractivity contribution in [2.75, 3.05) is 6.61 Å². The first-order valence-corrected chi connectivity index (χ1v) is 5.40. The summed E-state index contributed by atoms with van der Waals surface area (Å²) in [5, 5.41) is 18.4. The van der Waals surface area contributed by atoms with E-state index in [9.17, 15) is 19.1 Å². The van der Waals surface area contributed by atoms with Crippen LogP contribution in [0.2, 0.25) is 0 Å². The lowest BCUT2D eigenvalue weighted by molar-refractivity contribution is -0.0491. The van der Waals surface area contributed by atoms with Crippen molar-refractivity contribution in [3.63, 3.8) is 0 Å². The molecule has 4 atom stereocenters. The van der Waals surface area contributed by atoms with Crippen LogP contribution in [0, 0.1) is 12.3 Å². The summed E-state index contributed by atoms with van der Waals surface area (Å²) in [6, 6.07) is 0. The van der Waals surface area contributed by atoms with Crippen LogP contribution in [-0.2, 0) is 4.74 Å². The smallest absolute Gasteiger partial charge is 0.330 e. The van der Waals surface area contributed by atoms with Gasteiger partial charge in [-0.25, -0.2) is 9.18 Å². The van der Waals surface area contributed by atoms with Crippen LogP contribution in [0.5, 0.6) is 0 Å². The molecular weight excluding hydrogens is 259 g/mol. The summed E-state index contributed by atoms with van der Waals surface area (Å²) < 4.78 is 19.6. The van der Waals surface area contributed by atoms with Gasteiger partial charge < -0.3 is 14.9 Å². The summed E-state index contributed by atoms with van der Waals surface area (Å²) in [5.41, 5.74) is -1.85. The van der Waals surface area contributed by atoms with Crippen LogP contribution in [0.3, 0.4) is 0 Å². The fourth-order valence-corrected chi connectivity index (χ4v) is 1.86. The van der Waals surface area contributed by atoms with Crippen LogP contribution in [0.15, 0.2) is 15.8 Å². The van der Waals surface area contributed by atoms with Gasteiger partial charge in [-0.2, -0.15) is 0 Å². The largest absolute Gasteiger partial charge is 0.394 e. The summed E-state index contributed by atoms with van der Waals surface area (Å²) in [6.45, 7) is -0.599. The molecule has 0 unspecified atom stereocenters. The van der Waals surface area contributed by atoms with Crippen molar-refractivity contribution in [3.8, 4) is 12.3 Å². The van der Waals surface area contributed by atoms with E-state index in [0.29, 0.717) is 0 Å². The maximum Gasteiger partial charge on any atom is 0.330 e. The Morgan fingerprint density at radius 1 is 1.58 bits per heavy atom. The molecular formula is C11H11FN2O5. The number of nitrogens with one attached hydrogen (secondary N) is 1. The van der Waals surface area contributed by atoms with Gasteiger partial charge in [0.1, 0.15) is 17.8 Å². The number of ether oxygens (including phenoxy) is 1. The lowest BCUT2D eigenvalue weighted by atomic mass is 10.1. The molecule has 1 aliphatic rings. The number of rotatable bonds is 2. The van der Waals surface area contributed by atoms with Crippen molar-refractivity contribution in [1.29, 1.82) is 0 Å². The number of aliphatic hydroxyl groups is 2. The van der Waals surface area contributed by atoms with E-state index in [1.54, 1.807) is 0 Å². The van der Waals surface area contributed by atoms with E-state index in [0.717, 1.165) is 10.8 Å². The first-order chi connectivity index (χ1) is 8.99. The first kappa shape index (κ1) is 13.5. The minimum atomic E-state index is -1.92. The van der Waals surface area contributed by atoms with Gasteiger partial charge in [-0.05, 0) is 0 Å². The highest BCUT2D eigenvalue weighted by Gasteiger charge is 2.45. The van der Waals surface area contributed by atoms with Crippen LogP contribution in [-0.4, -0.2) is 44.8 Å². The lowest BCUT2D eigenvalue weighted by Crippen LogP contribution is -2.37. The van der Waals surface area contributed by atoms with Gasteiger partial charge in [0.2, 0.25) is 0 Å². The Kier molecular flexibility index (Phi) is 3.53. The fraction of sp³-hybridized carbons (Fsp3) is 0.455. The van der Waals surface area contributed by atoms with Crippen molar-refractivity contribution in [3.05, 3.63) is 32.6 Å². The zero-order valence-electron chi connectivity index (χ0n) is 9.62. The van der Waals surface area contributed by atoms with Gasteiger partial charge in [0.05, 0.1) is 6.61 Å². The van der Waals surface area contributed by atoms with Crippen LogP contribution >= 0.6 is 0 Å². The molecule has 3 N–H and O–H groups in total. The van der Waals surface area contributed by atoms with Crippen molar-refractivity contribution >= 4 is 0 Å². The maximum atomic E-state index is 13.8. The highest BCUT2D eigenvalue weighted by molar-refractivity contribution is 5.26. The van der Waals surface area contributed by atoms with E-state index in [1.807, 2.05) is 10.9 Å². The number of halogens is 1. The van der Waals surface area contributed by atoms with Gasteiger partial charge in [-0.15, -0.1) is 6.42 Å². The number of aliphatic hydroxyl groups excluding tert-OH is 2. The third kappa shape index (κ3) is 2.19. The van der Waals surface area contributed by atoms with Crippen molar-refractivity contribution in [1.82, 2.24) is 9.55 Å². The maximum absolute atomic E-state index is 13.8. The molecule has 0 aromatic carbocycles. The first-order valence-electron chi connectivity index (χ1n) is 5.40. The highest BCUT2D eigenvalue weighted by Crippen LogP contribution is 2.30. The topological polar surface area (TPSA) is 105 Å². The standard InChI is InChI=1S/C11H11FN2O5/c1-2-5-3-14(11(18)13-9(5)17)10-7(12)8(16)6(4-15)19-10/h1,3,6-8,10,15-16H,4H2,(H,13,17,18)/t6-,7+,8-,10-/m1/s1. The molecule has 0 bridgehead atoms. The molecule has 1 aliphatic heterocycles. The minimum Gasteiger partial charge on any atom is -0.394 e. The number of hydrogen-bond acceptors (Lipinski definition) is 5. The van der Waals surface area contributed by atoms with E-state index in [-0.39, 0.29) is 5.56 Å². The van der Waals surface area contributed by atoms with Gasteiger partial charge in [-0.1, -0.05) is 5.92 Å². The van der Waals surface area contributed by atoms with Crippen LogP contribution in [0.25, 0.3) is 0 Å². The Balaban J connectivity index is 2.46. The average Bonchev–Trinajstić information content (AvgIpc) is 2.67. The molecule has 8 heteroatoms. The Bertz CT molecular complexity index is 631. The molecule has 1 aromatic heterocycles. The second kappa shape index (κ2) is 4.97. The highest BCUT2D eigenvalue weighted by atomic mass is 19.1. The Labute approximate surface area is 106 Å². The van der Waals surface area contributed by atoms with Crippen LogP contribution in [0.1, 0.15) is 11.8 Å². The molecule has 19 heavy (non-hydrogen) atoms. The summed E-state index contributed by atoms with van der Waals surface area (Å²) in [7, 11) is 0. The summed E-state index contributed by atoms with van der Waals surface area (Å²) in [5.74, 6) is 2.04. The molecule has 0 amide bonds. The minimum absolute atomic E-state index is 0.169. The zero-order chi connectivity index (χ0) is 14.2. The molecule has 1 saturated heterocycles. The number of aromatic amines is 1. The molecule has 1 fully saturated rings. The third-order valence-electron chi connectivity index (χ3n) is 2.87. The van der Waals surface area contributed by atoms with Crippen molar-refractivity contribution < 1.29 is 19.3 Å². The number of hydrogen-bond donors (Lipinski definition) is 3. The SMILES string of the molecule is C#Cc1cn([C@@H]2O[C@H](CO)[C@@H](O)[C@@H]2F)c(=O)[nH]c1=O. The molecule has 7 nitrogen and oxygen atoms in total. The number of terminal acetylenes is 1. The predicted molar refractivity (Wildman–Crippen MR) is 61.2 cm³/mol. The molecule has 2 heterocycles. The monoisotopic (exact) mass is 270 g/mol. The van der Waals surface area contributed by atoms with E-state index in [1.165, 1.54) is 0 Å². The Morgan fingerprint density at radius 2 is 2.26 bits per heavy atom. The van der Waals surface area contributed by atoms with Crippen molar-refractivity contribution in [2.45, 2.75) is 24.6 Å². The Morgan fingerprint density at radius 3 is 2.79 bits per heavy atom. The summed E-state index contributed by atoms with van der Waals surface area (Å²) in [4.78, 5) is 24.8. The van der Waals surface area contributed by atoms with Crippen LogP contribution < -0.4 is 11.2 Å². The quantitative estimate of drug-likeness (QED) is 0.545. The van der Waals surface area contributed by atoms with E-state index in [2.05, 4.69) is 0 Å². The molecule has 0 aliphatic carbocycles. The Hall–Kier alpha value is -1.95. The van der Waals surface area contributed by atoms with Gasteiger partial charge in [0.25, 0.3) is 5.56 Å². The fourth-order valence-electron chi connectivity index (χ4n) is 1.86.